The lowest BCUT2D eigenvalue weighted by atomic mass is 9.79. The number of benzene rings is 1. The van der Waals surface area contributed by atoms with E-state index in [1.54, 1.807) is 6.07 Å². The van der Waals surface area contributed by atoms with Crippen LogP contribution in [0.3, 0.4) is 0 Å². The maximum Gasteiger partial charge on any atom is 0.416 e. The molecule has 1 N–H and O–H groups in total. The van der Waals surface area contributed by atoms with Crippen LogP contribution in [-0.4, -0.2) is 6.04 Å². The second kappa shape index (κ2) is 6.17. The van der Waals surface area contributed by atoms with Crippen molar-refractivity contribution in [1.82, 2.24) is 5.32 Å². The molecule has 112 valence electrons. The number of hydrogen-bond donors (Lipinski definition) is 1. The first-order valence-electron chi connectivity index (χ1n) is 7.26. The summed E-state index contributed by atoms with van der Waals surface area (Å²) in [6.45, 7) is 5.03. The van der Waals surface area contributed by atoms with Crippen molar-refractivity contribution in [2.45, 2.75) is 51.9 Å². The van der Waals surface area contributed by atoms with Gasteiger partial charge in [0.25, 0.3) is 0 Å². The Morgan fingerprint density at radius 1 is 1.15 bits per heavy atom. The van der Waals surface area contributed by atoms with E-state index >= 15 is 0 Å². The Hall–Kier alpha value is -1.03. The molecule has 1 nitrogen and oxygen atoms in total. The van der Waals surface area contributed by atoms with Gasteiger partial charge in [-0.2, -0.15) is 13.2 Å². The van der Waals surface area contributed by atoms with Crippen LogP contribution in [0.15, 0.2) is 24.3 Å². The molecule has 1 aromatic carbocycles. The summed E-state index contributed by atoms with van der Waals surface area (Å²) in [4.78, 5) is 0. The van der Waals surface area contributed by atoms with E-state index in [0.29, 0.717) is 24.1 Å². The number of rotatable bonds is 3. The van der Waals surface area contributed by atoms with Crippen molar-refractivity contribution in [2.75, 3.05) is 0 Å². The van der Waals surface area contributed by atoms with Crippen LogP contribution in [0.5, 0.6) is 0 Å². The molecule has 0 aromatic heterocycles. The van der Waals surface area contributed by atoms with E-state index in [1.807, 2.05) is 0 Å². The molecule has 0 heterocycles. The largest absolute Gasteiger partial charge is 0.416 e. The molecular formula is C16H22F3N. The highest BCUT2D eigenvalue weighted by Crippen LogP contribution is 2.31. The summed E-state index contributed by atoms with van der Waals surface area (Å²) in [5, 5.41) is 3.40. The van der Waals surface area contributed by atoms with E-state index < -0.39 is 11.7 Å². The molecule has 4 heteroatoms. The third-order valence-corrected chi connectivity index (χ3v) is 4.45. The highest BCUT2D eigenvalue weighted by atomic mass is 19.4. The fourth-order valence-corrected chi connectivity index (χ4v) is 2.85. The molecule has 0 bridgehead atoms. The molecular weight excluding hydrogens is 263 g/mol. The summed E-state index contributed by atoms with van der Waals surface area (Å²) in [5.41, 5.74) is 0.133. The fraction of sp³-hybridized carbons (Fsp3) is 0.625. The van der Waals surface area contributed by atoms with E-state index in [2.05, 4.69) is 19.2 Å². The van der Waals surface area contributed by atoms with Gasteiger partial charge in [-0.25, -0.2) is 0 Å². The zero-order chi connectivity index (χ0) is 14.8. The van der Waals surface area contributed by atoms with Gasteiger partial charge in [0.05, 0.1) is 5.56 Å². The quantitative estimate of drug-likeness (QED) is 0.854. The van der Waals surface area contributed by atoms with Gasteiger partial charge in [0.2, 0.25) is 0 Å². The van der Waals surface area contributed by atoms with E-state index in [4.69, 9.17) is 0 Å². The number of halogens is 3. The van der Waals surface area contributed by atoms with E-state index in [0.717, 1.165) is 24.8 Å². The first kappa shape index (κ1) is 15.4. The molecule has 3 unspecified atom stereocenters. The summed E-state index contributed by atoms with van der Waals surface area (Å²) in [6.07, 6.45) is -0.836. The maximum atomic E-state index is 12.6. The zero-order valence-electron chi connectivity index (χ0n) is 12.0. The molecule has 1 fully saturated rings. The average Bonchev–Trinajstić information content (AvgIpc) is 2.39. The Kier molecular flexibility index (Phi) is 4.74. The van der Waals surface area contributed by atoms with Gasteiger partial charge in [0.15, 0.2) is 0 Å². The van der Waals surface area contributed by atoms with Crippen molar-refractivity contribution < 1.29 is 13.2 Å². The predicted molar refractivity (Wildman–Crippen MR) is 74.3 cm³/mol. The van der Waals surface area contributed by atoms with Crippen LogP contribution >= 0.6 is 0 Å². The lowest BCUT2D eigenvalue weighted by Gasteiger charge is -2.32. The van der Waals surface area contributed by atoms with Gasteiger partial charge in [0, 0.05) is 12.6 Å². The minimum Gasteiger partial charge on any atom is -0.310 e. The monoisotopic (exact) mass is 285 g/mol. The van der Waals surface area contributed by atoms with Crippen molar-refractivity contribution in [3.05, 3.63) is 35.4 Å². The number of hydrogen-bond acceptors (Lipinski definition) is 1. The van der Waals surface area contributed by atoms with Crippen LogP contribution in [0.1, 0.15) is 44.2 Å². The van der Waals surface area contributed by atoms with Crippen LogP contribution < -0.4 is 5.32 Å². The summed E-state index contributed by atoms with van der Waals surface area (Å²) in [5.74, 6) is 1.43. The van der Waals surface area contributed by atoms with Gasteiger partial charge >= 0.3 is 6.18 Å². The first-order valence-corrected chi connectivity index (χ1v) is 7.26. The van der Waals surface area contributed by atoms with Gasteiger partial charge in [-0.05, 0) is 42.7 Å². The lowest BCUT2D eigenvalue weighted by Crippen LogP contribution is -2.35. The summed E-state index contributed by atoms with van der Waals surface area (Å²) in [6, 6.07) is 6.01. The predicted octanol–water partition coefficient (Wildman–Crippen LogP) is 4.62. The number of alkyl halides is 3. The van der Waals surface area contributed by atoms with Crippen molar-refractivity contribution in [2.24, 2.45) is 11.8 Å². The molecule has 0 aliphatic heterocycles. The van der Waals surface area contributed by atoms with Crippen LogP contribution in [0.4, 0.5) is 13.2 Å². The van der Waals surface area contributed by atoms with Crippen molar-refractivity contribution in [1.29, 1.82) is 0 Å². The SMILES string of the molecule is CC1CCC(NCc2cccc(C(F)(F)F)c2)CC1C. The normalized spacial score (nSPS) is 27.6. The third-order valence-electron chi connectivity index (χ3n) is 4.45. The second-order valence-electron chi connectivity index (χ2n) is 6.04. The summed E-state index contributed by atoms with van der Waals surface area (Å²) >= 11 is 0. The van der Waals surface area contributed by atoms with E-state index in [1.165, 1.54) is 18.6 Å². The number of nitrogens with one attached hydrogen (secondary N) is 1. The molecule has 0 radical (unpaired) electrons. The zero-order valence-corrected chi connectivity index (χ0v) is 12.0. The molecule has 20 heavy (non-hydrogen) atoms. The Bertz CT molecular complexity index is 442. The Balaban J connectivity index is 1.91. The molecule has 0 saturated heterocycles. The lowest BCUT2D eigenvalue weighted by molar-refractivity contribution is -0.137. The molecule has 3 atom stereocenters. The highest BCUT2D eigenvalue weighted by Gasteiger charge is 2.30. The van der Waals surface area contributed by atoms with Gasteiger partial charge < -0.3 is 5.32 Å². The maximum absolute atomic E-state index is 12.6. The van der Waals surface area contributed by atoms with Gasteiger partial charge in [-0.3, -0.25) is 0 Å². The minimum atomic E-state index is -4.26. The molecule has 0 spiro atoms. The highest BCUT2D eigenvalue weighted by molar-refractivity contribution is 5.25. The Morgan fingerprint density at radius 3 is 2.55 bits per heavy atom. The molecule has 1 aliphatic rings. The Labute approximate surface area is 118 Å². The molecule has 2 rings (SSSR count). The topological polar surface area (TPSA) is 12.0 Å². The smallest absolute Gasteiger partial charge is 0.310 e. The van der Waals surface area contributed by atoms with Gasteiger partial charge in [0.1, 0.15) is 0 Å². The summed E-state index contributed by atoms with van der Waals surface area (Å²) < 4.78 is 37.9. The summed E-state index contributed by atoms with van der Waals surface area (Å²) in [7, 11) is 0. The van der Waals surface area contributed by atoms with Crippen LogP contribution in [0.2, 0.25) is 0 Å². The van der Waals surface area contributed by atoms with E-state index in [9.17, 15) is 13.2 Å². The molecule has 1 aromatic rings. The van der Waals surface area contributed by atoms with Crippen molar-refractivity contribution in [3.63, 3.8) is 0 Å². The van der Waals surface area contributed by atoms with Crippen LogP contribution in [-0.2, 0) is 12.7 Å². The van der Waals surface area contributed by atoms with E-state index in [-0.39, 0.29) is 0 Å². The third kappa shape index (κ3) is 3.98. The van der Waals surface area contributed by atoms with Crippen molar-refractivity contribution >= 4 is 0 Å². The van der Waals surface area contributed by atoms with Crippen molar-refractivity contribution in [3.8, 4) is 0 Å². The fourth-order valence-electron chi connectivity index (χ4n) is 2.85. The van der Waals surface area contributed by atoms with Crippen LogP contribution in [0.25, 0.3) is 0 Å². The Morgan fingerprint density at radius 2 is 1.90 bits per heavy atom. The second-order valence-corrected chi connectivity index (χ2v) is 6.04. The minimum absolute atomic E-state index is 0.427. The van der Waals surface area contributed by atoms with Crippen LogP contribution in [0, 0.1) is 11.8 Å². The average molecular weight is 285 g/mol. The molecule has 1 saturated carbocycles. The molecule has 1 aliphatic carbocycles. The first-order chi connectivity index (χ1) is 9.36. The molecule has 0 amide bonds. The standard InChI is InChI=1S/C16H22F3N/c1-11-6-7-15(8-12(11)2)20-10-13-4-3-5-14(9-13)16(17,18)19/h3-5,9,11-12,15,20H,6-8,10H2,1-2H3. The van der Waals surface area contributed by atoms with Gasteiger partial charge in [-0.1, -0.05) is 32.0 Å². The van der Waals surface area contributed by atoms with Gasteiger partial charge in [-0.15, -0.1) is 0 Å².